The number of hydrogen-bond donors (Lipinski definition) is 0. The van der Waals surface area contributed by atoms with Gasteiger partial charge in [-0.25, -0.2) is 9.13 Å². The van der Waals surface area contributed by atoms with Crippen LogP contribution in [0.1, 0.15) is 219 Å². The maximum atomic E-state index is 2.58. The van der Waals surface area contributed by atoms with E-state index >= 15 is 0 Å². The van der Waals surface area contributed by atoms with E-state index in [2.05, 4.69) is 42.3 Å². The van der Waals surface area contributed by atoms with Crippen LogP contribution in [0.15, 0.2) is 12.4 Å². The van der Waals surface area contributed by atoms with E-state index in [1.54, 1.807) is 5.82 Å². The smallest absolute Gasteiger partial charge is 0.235 e. The van der Waals surface area contributed by atoms with Crippen molar-refractivity contribution in [3.05, 3.63) is 18.2 Å². The number of aryl methyl sites for hydroxylation is 2. The highest BCUT2D eigenvalue weighted by atomic mass is 15.1. The van der Waals surface area contributed by atoms with Crippen LogP contribution in [0.5, 0.6) is 0 Å². The summed E-state index contributed by atoms with van der Waals surface area (Å²) in [5.74, 6) is 1.58. The predicted octanol–water partition coefficient (Wildman–Crippen LogP) is 13.1. The average Bonchev–Trinajstić information content (AvgIpc) is 3.38. The Hall–Kier alpha value is -0.790. The molecule has 0 saturated carbocycles. The third-order valence-electron chi connectivity index (χ3n) is 9.44. The van der Waals surface area contributed by atoms with Gasteiger partial charge in [0.2, 0.25) is 0 Å². The van der Waals surface area contributed by atoms with Crippen LogP contribution in [0.2, 0.25) is 0 Å². The Bertz CT molecular complexity index is 634. The zero-order chi connectivity index (χ0) is 29.5. The summed E-state index contributed by atoms with van der Waals surface area (Å²) in [5.41, 5.74) is 0. The first kappa shape index (κ1) is 38.2. The summed E-state index contributed by atoms with van der Waals surface area (Å²) < 4.78 is 5.07. The largest absolute Gasteiger partial charge is 0.256 e. The molecule has 0 fully saturated rings. The summed E-state index contributed by atoms with van der Waals surface area (Å²) in [7, 11) is 0. The molecule has 0 aromatic carbocycles. The second kappa shape index (κ2) is 30.7. The first-order chi connectivity index (χ1) is 20.3. The molecular weight excluding hydrogens is 496 g/mol. The van der Waals surface area contributed by atoms with Crippen LogP contribution in [0.3, 0.4) is 0 Å². The van der Waals surface area contributed by atoms with E-state index in [-0.39, 0.29) is 0 Å². The van der Waals surface area contributed by atoms with Crippen molar-refractivity contribution in [2.24, 2.45) is 0 Å². The lowest BCUT2D eigenvalue weighted by molar-refractivity contribution is -0.704. The topological polar surface area (TPSA) is 8.81 Å². The third-order valence-corrected chi connectivity index (χ3v) is 9.44. The molecule has 0 aliphatic carbocycles. The molecule has 0 saturated heterocycles. The highest BCUT2D eigenvalue weighted by molar-refractivity contribution is 4.84. The zero-order valence-corrected chi connectivity index (χ0v) is 28.9. The molecule has 0 aliphatic rings. The van der Waals surface area contributed by atoms with Crippen LogP contribution in [-0.2, 0) is 19.5 Å². The molecule has 0 N–H and O–H groups in total. The van der Waals surface area contributed by atoms with E-state index in [0.29, 0.717) is 0 Å². The lowest BCUT2D eigenvalue weighted by Crippen LogP contribution is -2.37. The number of hydrogen-bond acceptors (Lipinski definition) is 0. The summed E-state index contributed by atoms with van der Waals surface area (Å²) in [6, 6.07) is 0. The molecule has 1 heterocycles. The van der Waals surface area contributed by atoms with Crippen molar-refractivity contribution in [3.8, 4) is 0 Å². The molecule has 2 heteroatoms. The molecular formula is C39H77N2+. The van der Waals surface area contributed by atoms with Crippen molar-refractivity contribution < 1.29 is 4.57 Å². The number of aromatic nitrogens is 2. The fourth-order valence-electron chi connectivity index (χ4n) is 6.58. The molecule has 1 aromatic heterocycles. The highest BCUT2D eigenvalue weighted by Crippen LogP contribution is 2.15. The van der Waals surface area contributed by atoms with Gasteiger partial charge in [0, 0.05) is 6.42 Å². The molecule has 0 aliphatic heterocycles. The summed E-state index contributed by atoms with van der Waals surface area (Å²) in [4.78, 5) is 0. The Kier molecular flexibility index (Phi) is 28.6. The first-order valence-corrected chi connectivity index (χ1v) is 19.4. The Labute approximate surface area is 259 Å². The van der Waals surface area contributed by atoms with Crippen molar-refractivity contribution in [2.75, 3.05) is 0 Å². The molecule has 0 atom stereocenters. The minimum atomic E-state index is 1.11. The predicted molar refractivity (Wildman–Crippen MR) is 184 cm³/mol. The van der Waals surface area contributed by atoms with Gasteiger partial charge < -0.3 is 0 Å². The minimum absolute atomic E-state index is 1.11. The standard InChI is InChI=1S/C39H77N2/c1-4-7-9-11-13-15-17-19-20-21-22-24-26-28-30-32-34-36-41-38-37-40(6-3)39(41)35-33-31-29-27-25-23-18-16-14-12-10-8-5-2/h37-38H,4-36H2,1-3H3/q+1. The average molecular weight is 574 g/mol. The quantitative estimate of drug-likeness (QED) is 0.0584. The van der Waals surface area contributed by atoms with E-state index in [0.717, 1.165) is 6.54 Å². The van der Waals surface area contributed by atoms with Crippen molar-refractivity contribution in [1.82, 2.24) is 4.57 Å². The van der Waals surface area contributed by atoms with E-state index < -0.39 is 0 Å². The molecule has 0 bridgehead atoms. The van der Waals surface area contributed by atoms with Crippen LogP contribution in [-0.4, -0.2) is 4.57 Å². The SMILES string of the molecule is CCCCCCCCCCCCCCCCCCC[n+]1ccn(CC)c1CCCCCCCCCCCCCCC. The van der Waals surface area contributed by atoms with Crippen LogP contribution >= 0.6 is 0 Å². The van der Waals surface area contributed by atoms with Crippen LogP contribution < -0.4 is 4.57 Å². The first-order valence-electron chi connectivity index (χ1n) is 19.4. The van der Waals surface area contributed by atoms with Gasteiger partial charge in [0.15, 0.2) is 0 Å². The van der Waals surface area contributed by atoms with Crippen LogP contribution in [0.25, 0.3) is 0 Å². The van der Waals surface area contributed by atoms with Gasteiger partial charge in [-0.2, -0.15) is 0 Å². The lowest BCUT2D eigenvalue weighted by Gasteiger charge is -2.06. The summed E-state index contributed by atoms with van der Waals surface area (Å²) in [5, 5.41) is 0. The maximum absolute atomic E-state index is 2.58. The molecule has 2 nitrogen and oxygen atoms in total. The Morgan fingerprint density at radius 1 is 0.415 bits per heavy atom. The number of rotatable bonds is 33. The molecule has 0 unspecified atom stereocenters. The second-order valence-electron chi connectivity index (χ2n) is 13.3. The van der Waals surface area contributed by atoms with E-state index in [1.165, 1.54) is 206 Å². The fraction of sp³-hybridized carbons (Fsp3) is 0.923. The Balaban J connectivity index is 1.96. The molecule has 1 aromatic rings. The van der Waals surface area contributed by atoms with Gasteiger partial charge in [-0.3, -0.25) is 0 Å². The maximum Gasteiger partial charge on any atom is 0.256 e. The fourth-order valence-corrected chi connectivity index (χ4v) is 6.58. The van der Waals surface area contributed by atoms with Gasteiger partial charge in [-0.15, -0.1) is 0 Å². The summed E-state index contributed by atoms with van der Waals surface area (Å²) in [6.45, 7) is 9.25. The van der Waals surface area contributed by atoms with Crippen molar-refractivity contribution >= 4 is 0 Å². The molecule has 0 amide bonds. The number of nitrogens with zero attached hydrogens (tertiary/aromatic N) is 2. The van der Waals surface area contributed by atoms with Gasteiger partial charge in [-0.1, -0.05) is 187 Å². The van der Waals surface area contributed by atoms with Crippen LogP contribution in [0, 0.1) is 0 Å². The molecule has 242 valence electrons. The number of imidazole rings is 1. The van der Waals surface area contributed by atoms with Gasteiger partial charge in [-0.05, 0) is 26.2 Å². The lowest BCUT2D eigenvalue weighted by atomic mass is 10.0. The van der Waals surface area contributed by atoms with Crippen molar-refractivity contribution in [1.29, 1.82) is 0 Å². The van der Waals surface area contributed by atoms with Gasteiger partial charge in [0.25, 0.3) is 5.82 Å². The van der Waals surface area contributed by atoms with E-state index in [9.17, 15) is 0 Å². The number of unbranched alkanes of at least 4 members (excludes halogenated alkanes) is 28. The Morgan fingerprint density at radius 2 is 0.732 bits per heavy atom. The summed E-state index contributed by atoms with van der Waals surface area (Å²) in [6.07, 6.45) is 49.3. The molecule has 0 spiro atoms. The Morgan fingerprint density at radius 3 is 1.07 bits per heavy atom. The van der Waals surface area contributed by atoms with Gasteiger partial charge in [0.1, 0.15) is 12.4 Å². The van der Waals surface area contributed by atoms with Crippen LogP contribution in [0.4, 0.5) is 0 Å². The van der Waals surface area contributed by atoms with Crippen molar-refractivity contribution in [3.63, 3.8) is 0 Å². The monoisotopic (exact) mass is 574 g/mol. The second-order valence-corrected chi connectivity index (χ2v) is 13.3. The van der Waals surface area contributed by atoms with Gasteiger partial charge >= 0.3 is 0 Å². The van der Waals surface area contributed by atoms with Crippen molar-refractivity contribution in [2.45, 2.75) is 233 Å². The molecule has 41 heavy (non-hydrogen) atoms. The van der Waals surface area contributed by atoms with E-state index in [1.807, 2.05) is 0 Å². The third kappa shape index (κ3) is 23.4. The normalized spacial score (nSPS) is 11.6. The minimum Gasteiger partial charge on any atom is -0.235 e. The zero-order valence-electron chi connectivity index (χ0n) is 28.9. The van der Waals surface area contributed by atoms with E-state index in [4.69, 9.17) is 0 Å². The highest BCUT2D eigenvalue weighted by Gasteiger charge is 2.15. The molecule has 1 rings (SSSR count). The van der Waals surface area contributed by atoms with Gasteiger partial charge in [0.05, 0.1) is 13.1 Å². The summed E-state index contributed by atoms with van der Waals surface area (Å²) >= 11 is 0. The molecule has 0 radical (unpaired) electrons.